The van der Waals surface area contributed by atoms with Crippen molar-refractivity contribution in [2.45, 2.75) is 23.4 Å². The lowest BCUT2D eigenvalue weighted by atomic mass is 9.83. The smallest absolute Gasteiger partial charge is 0.419 e. The van der Waals surface area contributed by atoms with Gasteiger partial charge in [0.15, 0.2) is 11.6 Å². The maximum absolute atomic E-state index is 15.3. The molecular formula is C23H16F6N2O4S. The third kappa shape index (κ3) is 4.75. The molecule has 13 heteroatoms. The molecule has 0 saturated carbocycles. The SMILES string of the molecule is NS(=O)(=O)c1cccc(NC(=O)c2c(C3CCOc4c3ccc(F)c4F)ccc(C(F)(F)F)c2F)c1. The zero-order valence-corrected chi connectivity index (χ0v) is 18.8. The Morgan fingerprint density at radius 3 is 2.36 bits per heavy atom. The number of nitrogens with two attached hydrogens (primary N) is 1. The van der Waals surface area contributed by atoms with Gasteiger partial charge in [-0.2, -0.15) is 17.6 Å². The summed E-state index contributed by atoms with van der Waals surface area (Å²) in [6.45, 7) is -0.182. The van der Waals surface area contributed by atoms with Crippen molar-refractivity contribution in [1.29, 1.82) is 0 Å². The molecule has 0 fully saturated rings. The molecule has 0 bridgehead atoms. The molecule has 190 valence electrons. The van der Waals surface area contributed by atoms with Gasteiger partial charge in [-0.15, -0.1) is 0 Å². The third-order valence-electron chi connectivity index (χ3n) is 5.61. The molecule has 1 heterocycles. The number of sulfonamides is 1. The van der Waals surface area contributed by atoms with E-state index in [9.17, 15) is 35.2 Å². The van der Waals surface area contributed by atoms with E-state index in [0.29, 0.717) is 6.07 Å². The van der Waals surface area contributed by atoms with Gasteiger partial charge in [0, 0.05) is 17.2 Å². The number of hydrogen-bond acceptors (Lipinski definition) is 4. The standard InChI is InChI=1S/C23H16F6N2O4S/c24-17-7-5-15-13(8-9-35-21(15)20(17)26)14-4-6-16(23(27,28)29)19(25)18(14)22(32)31-11-2-1-3-12(10-11)36(30,33)34/h1-7,10,13H,8-9H2,(H,31,32)(H2,30,33,34). The predicted octanol–water partition coefficient (Wildman–Crippen LogP) is 4.94. The fourth-order valence-electron chi connectivity index (χ4n) is 4.00. The van der Waals surface area contributed by atoms with Crippen molar-refractivity contribution >= 4 is 21.6 Å². The third-order valence-corrected chi connectivity index (χ3v) is 6.52. The van der Waals surface area contributed by atoms with Crippen LogP contribution >= 0.6 is 0 Å². The molecule has 1 atom stereocenters. The molecule has 1 aliphatic rings. The van der Waals surface area contributed by atoms with E-state index in [1.165, 1.54) is 12.1 Å². The summed E-state index contributed by atoms with van der Waals surface area (Å²) in [5, 5.41) is 7.24. The summed E-state index contributed by atoms with van der Waals surface area (Å²) >= 11 is 0. The second-order valence-electron chi connectivity index (χ2n) is 7.89. The Labute approximate surface area is 200 Å². The minimum atomic E-state index is -5.14. The first-order chi connectivity index (χ1) is 16.8. The van der Waals surface area contributed by atoms with Crippen LogP contribution in [-0.4, -0.2) is 20.9 Å². The van der Waals surface area contributed by atoms with Gasteiger partial charge in [-0.3, -0.25) is 4.79 Å². The number of benzene rings is 3. The summed E-state index contributed by atoms with van der Waals surface area (Å²) in [6, 6.07) is 7.78. The minimum Gasteiger partial charge on any atom is -0.490 e. The molecule has 1 unspecified atom stereocenters. The maximum Gasteiger partial charge on any atom is 0.419 e. The second kappa shape index (κ2) is 9.13. The van der Waals surface area contributed by atoms with E-state index in [0.717, 1.165) is 30.3 Å². The number of halogens is 6. The largest absolute Gasteiger partial charge is 0.490 e. The van der Waals surface area contributed by atoms with Crippen LogP contribution < -0.4 is 15.2 Å². The zero-order chi connectivity index (χ0) is 26.4. The number of alkyl halides is 3. The van der Waals surface area contributed by atoms with Crippen LogP contribution in [0.2, 0.25) is 0 Å². The topological polar surface area (TPSA) is 98.5 Å². The van der Waals surface area contributed by atoms with Gasteiger partial charge < -0.3 is 10.1 Å². The molecule has 1 amide bonds. The lowest BCUT2D eigenvalue weighted by molar-refractivity contribution is -0.140. The molecule has 6 nitrogen and oxygen atoms in total. The van der Waals surface area contributed by atoms with E-state index in [4.69, 9.17) is 9.88 Å². The van der Waals surface area contributed by atoms with E-state index in [-0.39, 0.29) is 29.8 Å². The fourth-order valence-corrected chi connectivity index (χ4v) is 4.56. The molecule has 3 aromatic carbocycles. The quantitative estimate of drug-likeness (QED) is 0.467. The summed E-state index contributed by atoms with van der Waals surface area (Å²) in [4.78, 5) is 12.7. The lowest BCUT2D eigenvalue weighted by Gasteiger charge is -2.28. The van der Waals surface area contributed by atoms with Crippen molar-refractivity contribution in [1.82, 2.24) is 0 Å². The number of ether oxygens (including phenoxy) is 1. The van der Waals surface area contributed by atoms with E-state index in [1.807, 2.05) is 0 Å². The predicted molar refractivity (Wildman–Crippen MR) is 115 cm³/mol. The summed E-state index contributed by atoms with van der Waals surface area (Å²) in [5.41, 5.74) is -3.10. The number of amides is 1. The highest BCUT2D eigenvalue weighted by Gasteiger charge is 2.39. The van der Waals surface area contributed by atoms with E-state index in [2.05, 4.69) is 5.32 Å². The van der Waals surface area contributed by atoms with Gasteiger partial charge in [-0.05, 0) is 42.3 Å². The highest BCUT2D eigenvalue weighted by Crippen LogP contribution is 2.43. The number of carbonyl (C=O) groups is 1. The number of hydrogen-bond donors (Lipinski definition) is 2. The van der Waals surface area contributed by atoms with E-state index < -0.39 is 67.2 Å². The van der Waals surface area contributed by atoms with Gasteiger partial charge in [0.05, 0.1) is 22.6 Å². The number of primary sulfonamides is 1. The van der Waals surface area contributed by atoms with Crippen LogP contribution in [0.25, 0.3) is 0 Å². The van der Waals surface area contributed by atoms with Crippen LogP contribution in [0.3, 0.4) is 0 Å². The van der Waals surface area contributed by atoms with Crippen molar-refractivity contribution in [3.63, 3.8) is 0 Å². The molecule has 0 radical (unpaired) electrons. The van der Waals surface area contributed by atoms with Crippen LogP contribution in [0.15, 0.2) is 53.4 Å². The average molecular weight is 530 g/mol. The van der Waals surface area contributed by atoms with Crippen LogP contribution in [0, 0.1) is 17.5 Å². The molecule has 0 aliphatic carbocycles. The lowest BCUT2D eigenvalue weighted by Crippen LogP contribution is -2.24. The van der Waals surface area contributed by atoms with Gasteiger partial charge in [0.2, 0.25) is 15.8 Å². The molecule has 36 heavy (non-hydrogen) atoms. The first-order valence-electron chi connectivity index (χ1n) is 10.2. The van der Waals surface area contributed by atoms with Crippen molar-refractivity contribution in [2.75, 3.05) is 11.9 Å². The highest BCUT2D eigenvalue weighted by atomic mass is 32.2. The van der Waals surface area contributed by atoms with Crippen molar-refractivity contribution in [3.8, 4) is 5.75 Å². The Bertz CT molecular complexity index is 1470. The van der Waals surface area contributed by atoms with Gasteiger partial charge in [0.1, 0.15) is 5.82 Å². The van der Waals surface area contributed by atoms with Crippen LogP contribution in [0.1, 0.15) is 39.4 Å². The second-order valence-corrected chi connectivity index (χ2v) is 9.45. The molecule has 0 spiro atoms. The Hall–Kier alpha value is -3.58. The summed E-state index contributed by atoms with van der Waals surface area (Å²) < 4.78 is 112. The maximum atomic E-state index is 15.3. The number of fused-ring (bicyclic) bond motifs is 1. The molecule has 3 N–H and O–H groups in total. The molecular weight excluding hydrogens is 514 g/mol. The average Bonchev–Trinajstić information content (AvgIpc) is 2.79. The molecule has 4 rings (SSSR count). The van der Waals surface area contributed by atoms with Gasteiger partial charge in [-0.25, -0.2) is 22.3 Å². The van der Waals surface area contributed by atoms with Gasteiger partial charge in [0.25, 0.3) is 5.91 Å². The van der Waals surface area contributed by atoms with E-state index >= 15 is 4.39 Å². The molecule has 3 aromatic rings. The Morgan fingerprint density at radius 1 is 1.00 bits per heavy atom. The normalized spacial score (nSPS) is 15.7. The molecule has 1 aliphatic heterocycles. The summed E-state index contributed by atoms with van der Waals surface area (Å²) in [7, 11) is -4.18. The van der Waals surface area contributed by atoms with Crippen LogP contribution in [-0.2, 0) is 16.2 Å². The monoisotopic (exact) mass is 530 g/mol. The molecule has 0 saturated heterocycles. The number of anilines is 1. The van der Waals surface area contributed by atoms with Gasteiger partial charge in [-0.1, -0.05) is 18.2 Å². The Balaban J connectivity index is 1.86. The zero-order valence-electron chi connectivity index (χ0n) is 18.0. The fraction of sp³-hybridized carbons (Fsp3) is 0.174. The van der Waals surface area contributed by atoms with Crippen molar-refractivity contribution in [3.05, 3.63) is 88.2 Å². The Morgan fingerprint density at radius 2 is 1.69 bits per heavy atom. The summed E-state index contributed by atoms with van der Waals surface area (Å²) in [6.07, 6.45) is -5.13. The van der Waals surface area contributed by atoms with Crippen LogP contribution in [0.4, 0.5) is 32.0 Å². The number of carbonyl (C=O) groups excluding carboxylic acids is 1. The van der Waals surface area contributed by atoms with Crippen molar-refractivity contribution < 1.29 is 44.3 Å². The van der Waals surface area contributed by atoms with Crippen molar-refractivity contribution in [2.24, 2.45) is 5.14 Å². The molecule has 0 aromatic heterocycles. The number of rotatable bonds is 4. The Kier molecular flexibility index (Phi) is 6.47. The van der Waals surface area contributed by atoms with Crippen LogP contribution in [0.5, 0.6) is 5.75 Å². The first-order valence-corrected chi connectivity index (χ1v) is 11.8. The van der Waals surface area contributed by atoms with Gasteiger partial charge >= 0.3 is 6.18 Å². The first kappa shape index (κ1) is 25.5. The number of nitrogens with one attached hydrogen (secondary N) is 1. The summed E-state index contributed by atoms with van der Waals surface area (Å²) in [5.74, 6) is -7.25. The minimum absolute atomic E-state index is 0.0179. The highest BCUT2D eigenvalue weighted by molar-refractivity contribution is 7.89. The van der Waals surface area contributed by atoms with E-state index in [1.54, 1.807) is 0 Å².